The van der Waals surface area contributed by atoms with Crippen LogP contribution in [-0.2, 0) is 6.42 Å². The molecule has 1 aromatic rings. The highest BCUT2D eigenvalue weighted by Crippen LogP contribution is 2.16. The standard InChI is InChI=1S/C14H21FOS/c1-2-17-8-4-6-13(11-16)9-12-5-3-7-14(15)10-12/h3,5,7,10,13,16H,2,4,6,8-9,11H2,1H3. The van der Waals surface area contributed by atoms with Crippen molar-refractivity contribution in [1.82, 2.24) is 0 Å². The Balaban J connectivity index is 2.35. The first-order chi connectivity index (χ1) is 8.26. The van der Waals surface area contributed by atoms with Gasteiger partial charge in [-0.3, -0.25) is 0 Å². The van der Waals surface area contributed by atoms with Gasteiger partial charge in [0.2, 0.25) is 0 Å². The normalized spacial score (nSPS) is 12.6. The molecule has 0 amide bonds. The molecule has 0 saturated carbocycles. The summed E-state index contributed by atoms with van der Waals surface area (Å²) < 4.78 is 13.0. The molecule has 0 radical (unpaired) electrons. The van der Waals surface area contributed by atoms with E-state index in [4.69, 9.17) is 0 Å². The van der Waals surface area contributed by atoms with Crippen molar-refractivity contribution in [3.8, 4) is 0 Å². The molecule has 0 aliphatic heterocycles. The van der Waals surface area contributed by atoms with Gasteiger partial charge in [0.25, 0.3) is 0 Å². The molecule has 96 valence electrons. The maximum Gasteiger partial charge on any atom is 0.123 e. The van der Waals surface area contributed by atoms with E-state index in [1.165, 1.54) is 6.07 Å². The fraction of sp³-hybridized carbons (Fsp3) is 0.571. The number of thioether (sulfide) groups is 1. The minimum Gasteiger partial charge on any atom is -0.396 e. The van der Waals surface area contributed by atoms with E-state index >= 15 is 0 Å². The smallest absolute Gasteiger partial charge is 0.123 e. The summed E-state index contributed by atoms with van der Waals surface area (Å²) in [6.45, 7) is 2.34. The lowest BCUT2D eigenvalue weighted by molar-refractivity contribution is 0.217. The van der Waals surface area contributed by atoms with Gasteiger partial charge in [0, 0.05) is 6.61 Å². The average Bonchev–Trinajstić information content (AvgIpc) is 2.33. The third-order valence-electron chi connectivity index (χ3n) is 2.78. The van der Waals surface area contributed by atoms with E-state index in [-0.39, 0.29) is 18.3 Å². The summed E-state index contributed by atoms with van der Waals surface area (Å²) in [6, 6.07) is 6.66. The van der Waals surface area contributed by atoms with Crippen molar-refractivity contribution in [3.63, 3.8) is 0 Å². The van der Waals surface area contributed by atoms with Gasteiger partial charge >= 0.3 is 0 Å². The fourth-order valence-electron chi connectivity index (χ4n) is 1.87. The number of benzene rings is 1. The second kappa shape index (κ2) is 8.54. The molecular formula is C14H21FOS. The lowest BCUT2D eigenvalue weighted by Crippen LogP contribution is -2.10. The van der Waals surface area contributed by atoms with E-state index in [1.807, 2.05) is 17.8 Å². The van der Waals surface area contributed by atoms with Crippen molar-refractivity contribution in [2.45, 2.75) is 26.2 Å². The van der Waals surface area contributed by atoms with Crippen LogP contribution in [0.3, 0.4) is 0 Å². The number of hydrogen-bond acceptors (Lipinski definition) is 2. The summed E-state index contributed by atoms with van der Waals surface area (Å²) in [5.74, 6) is 2.36. The molecular weight excluding hydrogens is 235 g/mol. The van der Waals surface area contributed by atoms with Crippen LogP contribution in [0.2, 0.25) is 0 Å². The van der Waals surface area contributed by atoms with Crippen LogP contribution in [0, 0.1) is 11.7 Å². The van der Waals surface area contributed by atoms with Crippen molar-refractivity contribution in [1.29, 1.82) is 0 Å². The number of rotatable bonds is 8. The molecule has 0 bridgehead atoms. The third-order valence-corrected chi connectivity index (χ3v) is 3.76. The van der Waals surface area contributed by atoms with Gasteiger partial charge in [0.1, 0.15) is 5.82 Å². The third kappa shape index (κ3) is 6.08. The summed E-state index contributed by atoms with van der Waals surface area (Å²) in [5, 5.41) is 9.31. The molecule has 0 aliphatic carbocycles. The van der Waals surface area contributed by atoms with Gasteiger partial charge < -0.3 is 5.11 Å². The second-order valence-electron chi connectivity index (χ2n) is 4.22. The minimum absolute atomic E-state index is 0.188. The zero-order valence-corrected chi connectivity index (χ0v) is 11.2. The number of hydrogen-bond donors (Lipinski definition) is 1. The van der Waals surface area contributed by atoms with E-state index < -0.39 is 0 Å². The zero-order chi connectivity index (χ0) is 12.5. The molecule has 0 fully saturated rings. The van der Waals surface area contributed by atoms with E-state index in [0.29, 0.717) is 0 Å². The Hall–Kier alpha value is -0.540. The predicted octanol–water partition coefficient (Wildman–Crippen LogP) is 3.51. The number of aliphatic hydroxyl groups is 1. The van der Waals surface area contributed by atoms with Crippen LogP contribution in [0.25, 0.3) is 0 Å². The first-order valence-corrected chi connectivity index (χ1v) is 7.34. The van der Waals surface area contributed by atoms with E-state index in [9.17, 15) is 9.50 Å². The van der Waals surface area contributed by atoms with Crippen LogP contribution >= 0.6 is 11.8 Å². The maximum absolute atomic E-state index is 13.0. The Labute approximate surface area is 107 Å². The first-order valence-electron chi connectivity index (χ1n) is 6.19. The van der Waals surface area contributed by atoms with Crippen molar-refractivity contribution in [2.24, 2.45) is 5.92 Å². The molecule has 1 aromatic carbocycles. The Morgan fingerprint density at radius 1 is 1.41 bits per heavy atom. The van der Waals surface area contributed by atoms with E-state index in [0.717, 1.165) is 36.3 Å². The van der Waals surface area contributed by atoms with Crippen LogP contribution in [0.5, 0.6) is 0 Å². The van der Waals surface area contributed by atoms with Gasteiger partial charge in [-0.15, -0.1) is 0 Å². The maximum atomic E-state index is 13.0. The molecule has 0 aromatic heterocycles. The monoisotopic (exact) mass is 256 g/mol. The molecule has 0 heterocycles. The van der Waals surface area contributed by atoms with Gasteiger partial charge in [-0.05, 0) is 54.4 Å². The topological polar surface area (TPSA) is 20.2 Å². The fourth-order valence-corrected chi connectivity index (χ4v) is 2.53. The average molecular weight is 256 g/mol. The molecule has 0 aliphatic rings. The van der Waals surface area contributed by atoms with E-state index in [2.05, 4.69) is 6.92 Å². The van der Waals surface area contributed by atoms with Gasteiger partial charge in [-0.25, -0.2) is 4.39 Å². The minimum atomic E-state index is -0.194. The van der Waals surface area contributed by atoms with Crippen LogP contribution < -0.4 is 0 Å². The lowest BCUT2D eigenvalue weighted by atomic mass is 9.96. The van der Waals surface area contributed by atoms with Crippen molar-refractivity contribution >= 4 is 11.8 Å². The summed E-state index contributed by atoms with van der Waals surface area (Å²) in [7, 11) is 0. The lowest BCUT2D eigenvalue weighted by Gasteiger charge is -2.13. The van der Waals surface area contributed by atoms with Crippen LogP contribution in [0.4, 0.5) is 4.39 Å². The summed E-state index contributed by atoms with van der Waals surface area (Å²) in [6.07, 6.45) is 2.91. The van der Waals surface area contributed by atoms with Gasteiger partial charge in [-0.2, -0.15) is 11.8 Å². The van der Waals surface area contributed by atoms with Crippen molar-refractivity contribution in [3.05, 3.63) is 35.6 Å². The van der Waals surface area contributed by atoms with Gasteiger partial charge in [-0.1, -0.05) is 19.1 Å². The SMILES string of the molecule is CCSCCCC(CO)Cc1cccc(F)c1. The quantitative estimate of drug-likeness (QED) is 0.718. The summed E-state index contributed by atoms with van der Waals surface area (Å²) in [5.41, 5.74) is 0.979. The van der Waals surface area contributed by atoms with Crippen LogP contribution in [0.1, 0.15) is 25.3 Å². The van der Waals surface area contributed by atoms with Crippen molar-refractivity contribution < 1.29 is 9.50 Å². The summed E-state index contributed by atoms with van der Waals surface area (Å²) >= 11 is 1.93. The Morgan fingerprint density at radius 3 is 2.88 bits per heavy atom. The molecule has 1 nitrogen and oxygen atoms in total. The van der Waals surface area contributed by atoms with Crippen LogP contribution in [0.15, 0.2) is 24.3 Å². The van der Waals surface area contributed by atoms with Gasteiger partial charge in [0.05, 0.1) is 0 Å². The second-order valence-corrected chi connectivity index (χ2v) is 5.62. The molecule has 1 atom stereocenters. The number of halogens is 1. The highest BCUT2D eigenvalue weighted by molar-refractivity contribution is 7.99. The molecule has 3 heteroatoms. The van der Waals surface area contributed by atoms with Crippen LogP contribution in [-0.4, -0.2) is 23.2 Å². The molecule has 0 saturated heterocycles. The molecule has 1 N–H and O–H groups in total. The van der Waals surface area contributed by atoms with E-state index in [1.54, 1.807) is 12.1 Å². The van der Waals surface area contributed by atoms with Gasteiger partial charge in [0.15, 0.2) is 0 Å². The molecule has 1 rings (SSSR count). The molecule has 0 spiro atoms. The largest absolute Gasteiger partial charge is 0.396 e. The Kier molecular flexibility index (Phi) is 7.29. The highest BCUT2D eigenvalue weighted by Gasteiger charge is 2.08. The van der Waals surface area contributed by atoms with Crippen molar-refractivity contribution in [2.75, 3.05) is 18.1 Å². The highest BCUT2D eigenvalue weighted by atomic mass is 32.2. The first kappa shape index (κ1) is 14.5. The zero-order valence-electron chi connectivity index (χ0n) is 10.4. The Morgan fingerprint density at radius 2 is 2.24 bits per heavy atom. The number of aliphatic hydroxyl groups excluding tert-OH is 1. The summed E-state index contributed by atoms with van der Waals surface area (Å²) in [4.78, 5) is 0. The predicted molar refractivity (Wildman–Crippen MR) is 72.9 cm³/mol. The molecule has 1 unspecified atom stereocenters. The Bertz CT molecular complexity index is 317. The molecule has 17 heavy (non-hydrogen) atoms.